The average Bonchev–Trinajstić information content (AvgIpc) is 3.07. The summed E-state index contributed by atoms with van der Waals surface area (Å²) in [4.78, 5) is 35.3. The Morgan fingerprint density at radius 3 is 2.88 bits per heavy atom. The Bertz CT molecular complexity index is 1030. The van der Waals surface area contributed by atoms with Crippen molar-refractivity contribution in [2.24, 2.45) is 0 Å². The number of thiophene rings is 1. The van der Waals surface area contributed by atoms with Crippen molar-refractivity contribution in [2.45, 2.75) is 25.8 Å². The van der Waals surface area contributed by atoms with Crippen LogP contribution < -0.4 is 11.2 Å². The van der Waals surface area contributed by atoms with Gasteiger partial charge < -0.3 is 9.72 Å². The number of nitrogens with one attached hydrogen (secondary N) is 2. The van der Waals surface area contributed by atoms with E-state index in [0.717, 1.165) is 12.8 Å². The summed E-state index contributed by atoms with van der Waals surface area (Å²) in [5, 5.41) is 2.28. The maximum atomic E-state index is 12.1. The van der Waals surface area contributed by atoms with Crippen LogP contribution in [0, 0.1) is 4.64 Å². The minimum Gasteiger partial charge on any atom is -0.383 e. The van der Waals surface area contributed by atoms with Gasteiger partial charge in [-0.3, -0.25) is 14.3 Å². The van der Waals surface area contributed by atoms with Gasteiger partial charge in [-0.25, -0.2) is 9.78 Å². The molecule has 0 unspecified atom stereocenters. The number of nitrogens with zero attached hydrogens (tertiary/aromatic N) is 2. The highest BCUT2D eigenvalue weighted by atomic mass is 32.1. The summed E-state index contributed by atoms with van der Waals surface area (Å²) < 4.78 is 6.67. The molecular formula is C16H18N4O3S2. The molecule has 0 saturated carbocycles. The molecule has 25 heavy (non-hydrogen) atoms. The Kier molecular flexibility index (Phi) is 5.57. The van der Waals surface area contributed by atoms with Crippen molar-refractivity contribution in [3.05, 3.63) is 53.7 Å². The smallest absolute Gasteiger partial charge is 0.330 e. The number of aromatic nitrogens is 4. The highest BCUT2D eigenvalue weighted by Crippen LogP contribution is 2.13. The SMILES string of the molecule is COCCn1c(=O)[nH]c(=O)c2c(=S)nc(CCCc3cccs3)[nH]c21. The van der Waals surface area contributed by atoms with Crippen LogP contribution in [0.5, 0.6) is 0 Å². The van der Waals surface area contributed by atoms with Crippen LogP contribution in [0.2, 0.25) is 0 Å². The van der Waals surface area contributed by atoms with Crippen molar-refractivity contribution in [1.82, 2.24) is 19.5 Å². The van der Waals surface area contributed by atoms with Gasteiger partial charge in [0, 0.05) is 18.4 Å². The van der Waals surface area contributed by atoms with Gasteiger partial charge in [-0.15, -0.1) is 11.3 Å². The van der Waals surface area contributed by atoms with Gasteiger partial charge in [-0.1, -0.05) is 18.3 Å². The zero-order valence-electron chi connectivity index (χ0n) is 13.7. The largest absolute Gasteiger partial charge is 0.383 e. The van der Waals surface area contributed by atoms with Crippen LogP contribution in [0.3, 0.4) is 0 Å². The third-order valence-corrected chi connectivity index (χ3v) is 5.08. The maximum Gasteiger partial charge on any atom is 0.330 e. The van der Waals surface area contributed by atoms with E-state index in [9.17, 15) is 9.59 Å². The Morgan fingerprint density at radius 2 is 2.16 bits per heavy atom. The van der Waals surface area contributed by atoms with Crippen LogP contribution in [0.4, 0.5) is 0 Å². The lowest BCUT2D eigenvalue weighted by molar-refractivity contribution is 0.187. The predicted octanol–water partition coefficient (Wildman–Crippen LogP) is 2.03. The molecule has 0 aliphatic carbocycles. The Labute approximate surface area is 152 Å². The zero-order valence-corrected chi connectivity index (χ0v) is 15.3. The first-order valence-electron chi connectivity index (χ1n) is 7.87. The van der Waals surface area contributed by atoms with Gasteiger partial charge in [-0.05, 0) is 24.3 Å². The van der Waals surface area contributed by atoms with Crippen LogP contribution in [-0.4, -0.2) is 33.2 Å². The summed E-state index contributed by atoms with van der Waals surface area (Å²) in [6.45, 7) is 0.657. The number of ether oxygens (including phenoxy) is 1. The second kappa shape index (κ2) is 7.85. The Hall–Kier alpha value is -2.10. The molecule has 0 fully saturated rings. The Morgan fingerprint density at radius 1 is 1.32 bits per heavy atom. The summed E-state index contributed by atoms with van der Waals surface area (Å²) in [7, 11) is 1.55. The van der Waals surface area contributed by atoms with Crippen LogP contribution in [0.15, 0.2) is 27.1 Å². The number of hydrogen-bond donors (Lipinski definition) is 2. The van der Waals surface area contributed by atoms with Crippen molar-refractivity contribution in [1.29, 1.82) is 0 Å². The van der Waals surface area contributed by atoms with Crippen molar-refractivity contribution < 1.29 is 4.74 Å². The minimum absolute atomic E-state index is 0.201. The molecule has 0 atom stereocenters. The number of aromatic amines is 2. The summed E-state index contributed by atoms with van der Waals surface area (Å²) in [5.41, 5.74) is -0.611. The van der Waals surface area contributed by atoms with E-state index in [2.05, 4.69) is 26.4 Å². The van der Waals surface area contributed by atoms with E-state index < -0.39 is 11.2 Å². The normalized spacial score (nSPS) is 11.2. The lowest BCUT2D eigenvalue weighted by Gasteiger charge is -2.10. The number of fused-ring (bicyclic) bond motifs is 1. The fourth-order valence-electron chi connectivity index (χ4n) is 2.64. The molecule has 3 aromatic rings. The van der Waals surface area contributed by atoms with E-state index in [1.54, 1.807) is 18.4 Å². The van der Waals surface area contributed by atoms with E-state index in [1.165, 1.54) is 9.44 Å². The topological polar surface area (TPSA) is 92.8 Å². The Balaban J connectivity index is 1.96. The first-order chi connectivity index (χ1) is 12.1. The van der Waals surface area contributed by atoms with Gasteiger partial charge in [-0.2, -0.15) is 0 Å². The van der Waals surface area contributed by atoms with Crippen LogP contribution in [0.25, 0.3) is 11.0 Å². The molecule has 0 amide bonds. The molecular weight excluding hydrogens is 360 g/mol. The molecule has 132 valence electrons. The first kappa shape index (κ1) is 17.7. The summed E-state index contributed by atoms with van der Waals surface area (Å²) in [5.74, 6) is 0.672. The van der Waals surface area contributed by atoms with E-state index in [1.807, 2.05) is 6.07 Å². The molecule has 2 N–H and O–H groups in total. The van der Waals surface area contributed by atoms with E-state index in [-0.39, 0.29) is 10.0 Å². The van der Waals surface area contributed by atoms with Crippen LogP contribution >= 0.6 is 23.6 Å². The van der Waals surface area contributed by atoms with Crippen molar-refractivity contribution >= 4 is 34.6 Å². The highest BCUT2D eigenvalue weighted by Gasteiger charge is 2.12. The molecule has 0 spiro atoms. The zero-order chi connectivity index (χ0) is 17.8. The number of rotatable bonds is 7. The lowest BCUT2D eigenvalue weighted by Crippen LogP contribution is -2.32. The molecule has 7 nitrogen and oxygen atoms in total. The number of H-pyrrole nitrogens is 2. The average molecular weight is 378 g/mol. The molecule has 3 heterocycles. The molecule has 0 aromatic carbocycles. The highest BCUT2D eigenvalue weighted by molar-refractivity contribution is 7.71. The molecule has 9 heteroatoms. The van der Waals surface area contributed by atoms with Crippen LogP contribution in [-0.2, 0) is 24.1 Å². The predicted molar refractivity (Wildman–Crippen MR) is 100 cm³/mol. The third-order valence-electron chi connectivity index (χ3n) is 3.85. The van der Waals surface area contributed by atoms with Crippen molar-refractivity contribution in [3.8, 4) is 0 Å². The molecule has 0 aliphatic rings. The fourth-order valence-corrected chi connectivity index (χ4v) is 3.69. The molecule has 0 aliphatic heterocycles. The number of aryl methyl sites for hydroxylation is 2. The second-order valence-electron chi connectivity index (χ2n) is 5.55. The van der Waals surface area contributed by atoms with Crippen molar-refractivity contribution in [3.63, 3.8) is 0 Å². The lowest BCUT2D eigenvalue weighted by atomic mass is 10.2. The third kappa shape index (κ3) is 3.94. The van der Waals surface area contributed by atoms with Crippen LogP contribution in [0.1, 0.15) is 17.1 Å². The number of hydrogen-bond acceptors (Lipinski definition) is 6. The van der Waals surface area contributed by atoms with E-state index >= 15 is 0 Å². The monoisotopic (exact) mass is 378 g/mol. The molecule has 0 bridgehead atoms. The standard InChI is InChI=1S/C16H18N4O3S2/c1-23-8-7-20-13-12(14(21)19-16(20)22)15(24)18-11(17-13)6-2-4-10-5-3-9-25-10/h3,5,9H,2,4,6-8H2,1H3,(H,17,18,24)(H,19,21,22). The van der Waals surface area contributed by atoms with Gasteiger partial charge in [0.15, 0.2) is 0 Å². The van der Waals surface area contributed by atoms with Crippen molar-refractivity contribution in [2.75, 3.05) is 13.7 Å². The first-order valence-corrected chi connectivity index (χ1v) is 9.16. The van der Waals surface area contributed by atoms with E-state index in [4.69, 9.17) is 17.0 Å². The van der Waals surface area contributed by atoms with E-state index in [0.29, 0.717) is 31.0 Å². The fraction of sp³-hybridized carbons (Fsp3) is 0.375. The second-order valence-corrected chi connectivity index (χ2v) is 6.97. The molecule has 3 rings (SSSR count). The molecule has 0 saturated heterocycles. The van der Waals surface area contributed by atoms with Gasteiger partial charge in [0.25, 0.3) is 5.56 Å². The minimum atomic E-state index is -0.521. The molecule has 3 aromatic heterocycles. The maximum absolute atomic E-state index is 12.1. The molecule has 0 radical (unpaired) electrons. The van der Waals surface area contributed by atoms with Gasteiger partial charge in [0.2, 0.25) is 0 Å². The van der Waals surface area contributed by atoms with Gasteiger partial charge >= 0.3 is 5.69 Å². The number of methoxy groups -OCH3 is 1. The van der Waals surface area contributed by atoms with Gasteiger partial charge in [0.1, 0.15) is 21.5 Å². The quantitative estimate of drug-likeness (QED) is 0.614. The summed E-state index contributed by atoms with van der Waals surface area (Å²) in [6, 6.07) is 4.13. The van der Waals surface area contributed by atoms with Gasteiger partial charge in [0.05, 0.1) is 13.2 Å². The summed E-state index contributed by atoms with van der Waals surface area (Å²) in [6.07, 6.45) is 2.53. The summed E-state index contributed by atoms with van der Waals surface area (Å²) >= 11 is 7.00.